The highest BCUT2D eigenvalue weighted by atomic mass is 16.7. The summed E-state index contributed by atoms with van der Waals surface area (Å²) in [6.45, 7) is 2.25. The van der Waals surface area contributed by atoms with E-state index in [0.29, 0.717) is 11.1 Å². The zero-order valence-corrected chi connectivity index (χ0v) is 13.4. The number of carbonyl (C=O) groups excluding carboxylic acids is 1. The molecule has 0 atom stereocenters. The number of carbonyl (C=O) groups is 1. The number of rotatable bonds is 6. The molecule has 0 unspecified atom stereocenters. The third-order valence-electron chi connectivity index (χ3n) is 4.20. The van der Waals surface area contributed by atoms with Crippen LogP contribution in [0.1, 0.15) is 30.9 Å². The van der Waals surface area contributed by atoms with Crippen molar-refractivity contribution in [2.45, 2.75) is 25.4 Å². The molecule has 0 radical (unpaired) electrons. The molecule has 0 saturated heterocycles. The van der Waals surface area contributed by atoms with Crippen molar-refractivity contribution in [1.82, 2.24) is 0 Å². The predicted octanol–water partition coefficient (Wildman–Crippen LogP) is 2.24. The lowest BCUT2D eigenvalue weighted by Crippen LogP contribution is -2.44. The minimum Gasteiger partial charge on any atom is -0.463 e. The smallest absolute Gasteiger partial charge is 0.463 e. The average Bonchev–Trinajstić information content (AvgIpc) is 2.86. The summed E-state index contributed by atoms with van der Waals surface area (Å²) in [5, 5.41) is 19.0. The van der Waals surface area contributed by atoms with Crippen LogP contribution in [-0.2, 0) is 19.8 Å². The van der Waals surface area contributed by atoms with Crippen LogP contribution >= 0.6 is 0 Å². The summed E-state index contributed by atoms with van der Waals surface area (Å²) in [5.41, 5.74) is 1.08. The molecule has 0 aliphatic heterocycles. The van der Waals surface area contributed by atoms with E-state index in [2.05, 4.69) is 0 Å². The Labute approximate surface area is 141 Å². The molecule has 0 heterocycles. The third kappa shape index (κ3) is 2.63. The quantitative estimate of drug-likeness (QED) is 0.484. The number of benzene rings is 2. The number of fused-ring (bicyclic) bond motifs is 3. The fraction of sp³-hybridized carbons (Fsp3) is 0.278. The molecule has 1 aliphatic rings. The molecule has 1 aliphatic carbocycles. The highest BCUT2D eigenvalue weighted by Gasteiger charge is 2.53. The second kappa shape index (κ2) is 6.77. The Bertz CT molecular complexity index is 698. The van der Waals surface area contributed by atoms with Crippen LogP contribution in [0, 0.1) is 0 Å². The van der Waals surface area contributed by atoms with Crippen molar-refractivity contribution in [3.05, 3.63) is 59.7 Å². The Balaban J connectivity index is 2.15. The highest BCUT2D eigenvalue weighted by molar-refractivity contribution is 6.33. The number of ether oxygens (including phenoxy) is 1. The summed E-state index contributed by atoms with van der Waals surface area (Å²) in [7, 11) is -2.11. The van der Waals surface area contributed by atoms with E-state index in [1.807, 2.05) is 31.2 Å². The van der Waals surface area contributed by atoms with E-state index < -0.39 is 18.9 Å². The number of hydrogen-bond acceptors (Lipinski definition) is 5. The van der Waals surface area contributed by atoms with Gasteiger partial charge in [-0.1, -0.05) is 61.9 Å². The third-order valence-corrected chi connectivity index (χ3v) is 4.20. The molecule has 124 valence electrons. The average molecular weight is 326 g/mol. The topological polar surface area (TPSA) is 76.0 Å². The molecule has 2 aromatic carbocycles. The number of hydrogen-bond donors (Lipinski definition) is 2. The van der Waals surface area contributed by atoms with Crippen LogP contribution in [0.3, 0.4) is 0 Å². The fourth-order valence-electron chi connectivity index (χ4n) is 3.16. The first-order valence-corrected chi connectivity index (χ1v) is 8.01. The second-order valence-corrected chi connectivity index (χ2v) is 5.71. The van der Waals surface area contributed by atoms with Gasteiger partial charge in [-0.2, -0.15) is 0 Å². The van der Waals surface area contributed by atoms with E-state index in [4.69, 9.17) is 9.39 Å². The standard InChI is InChI=1S/C18H19BO5/c1-2-3-12-23-17(20)18(24-19(21)22)15-10-6-4-8-13(15)14-9-5-7-11-16(14)18/h4-11,21-22H,2-3,12H2,1H3. The molecule has 0 saturated carbocycles. The first-order chi connectivity index (χ1) is 11.6. The minimum absolute atomic E-state index is 0.256. The molecular weight excluding hydrogens is 307 g/mol. The largest absolute Gasteiger partial charge is 0.635 e. The van der Waals surface area contributed by atoms with E-state index in [1.54, 1.807) is 24.3 Å². The van der Waals surface area contributed by atoms with Crippen LogP contribution in [0.4, 0.5) is 0 Å². The normalized spacial score (nSPS) is 14.0. The van der Waals surface area contributed by atoms with Crippen molar-refractivity contribution in [2.24, 2.45) is 0 Å². The fourth-order valence-corrected chi connectivity index (χ4v) is 3.16. The van der Waals surface area contributed by atoms with Crippen LogP contribution in [-0.4, -0.2) is 29.9 Å². The SMILES string of the molecule is CCCCOC(=O)C1(OB(O)O)c2ccccc2-c2ccccc21. The Kier molecular flexibility index (Phi) is 4.71. The second-order valence-electron chi connectivity index (χ2n) is 5.71. The number of unbranched alkanes of at least 4 members (excludes halogenated alkanes) is 1. The molecular formula is C18H19BO5. The molecule has 5 nitrogen and oxygen atoms in total. The molecule has 2 N–H and O–H groups in total. The molecule has 24 heavy (non-hydrogen) atoms. The Morgan fingerprint density at radius 3 is 2.08 bits per heavy atom. The van der Waals surface area contributed by atoms with Crippen LogP contribution in [0.2, 0.25) is 0 Å². The zero-order chi connectivity index (χ0) is 17.2. The summed E-state index contributed by atoms with van der Waals surface area (Å²) in [5.74, 6) is -0.638. The van der Waals surface area contributed by atoms with E-state index in [-0.39, 0.29) is 6.61 Å². The van der Waals surface area contributed by atoms with Gasteiger partial charge in [0.2, 0.25) is 5.60 Å². The van der Waals surface area contributed by atoms with Gasteiger partial charge in [-0.05, 0) is 17.5 Å². The first-order valence-electron chi connectivity index (χ1n) is 8.01. The number of esters is 1. The predicted molar refractivity (Wildman–Crippen MR) is 89.8 cm³/mol. The summed E-state index contributed by atoms with van der Waals surface area (Å²) >= 11 is 0. The maximum Gasteiger partial charge on any atom is 0.635 e. The summed E-state index contributed by atoms with van der Waals surface area (Å²) in [6, 6.07) is 14.5. The molecule has 2 aromatic rings. The Morgan fingerprint density at radius 1 is 1.04 bits per heavy atom. The molecule has 6 heteroatoms. The first kappa shape index (κ1) is 16.7. The summed E-state index contributed by atoms with van der Waals surface area (Å²) in [6.07, 6.45) is 1.61. The monoisotopic (exact) mass is 326 g/mol. The van der Waals surface area contributed by atoms with Gasteiger partial charge in [0.25, 0.3) is 0 Å². The van der Waals surface area contributed by atoms with E-state index in [1.165, 1.54) is 0 Å². The minimum atomic E-state index is -2.11. The van der Waals surface area contributed by atoms with Gasteiger partial charge < -0.3 is 19.4 Å². The Hall–Kier alpha value is -2.15. The highest BCUT2D eigenvalue weighted by Crippen LogP contribution is 2.50. The van der Waals surface area contributed by atoms with Crippen molar-refractivity contribution in [3.8, 4) is 11.1 Å². The van der Waals surface area contributed by atoms with Crippen molar-refractivity contribution in [3.63, 3.8) is 0 Å². The van der Waals surface area contributed by atoms with Crippen molar-refractivity contribution < 1.29 is 24.2 Å². The summed E-state index contributed by atoms with van der Waals surface area (Å²) in [4.78, 5) is 12.9. The van der Waals surface area contributed by atoms with Gasteiger partial charge in [-0.3, -0.25) is 0 Å². The van der Waals surface area contributed by atoms with Crippen LogP contribution in [0.15, 0.2) is 48.5 Å². The lowest BCUT2D eigenvalue weighted by Gasteiger charge is -2.29. The van der Waals surface area contributed by atoms with Crippen LogP contribution in [0.25, 0.3) is 11.1 Å². The van der Waals surface area contributed by atoms with E-state index >= 15 is 0 Å². The van der Waals surface area contributed by atoms with Crippen molar-refractivity contribution in [1.29, 1.82) is 0 Å². The molecule has 0 amide bonds. The van der Waals surface area contributed by atoms with Gasteiger partial charge in [0.05, 0.1) is 6.61 Å². The lowest BCUT2D eigenvalue weighted by molar-refractivity contribution is -0.161. The maximum atomic E-state index is 12.9. The molecule has 3 rings (SSSR count). The molecule has 0 bridgehead atoms. The summed E-state index contributed by atoms with van der Waals surface area (Å²) < 4.78 is 10.8. The van der Waals surface area contributed by atoms with Crippen LogP contribution in [0.5, 0.6) is 0 Å². The molecule has 0 spiro atoms. The lowest BCUT2D eigenvalue weighted by atomic mass is 9.89. The van der Waals surface area contributed by atoms with Crippen LogP contribution < -0.4 is 0 Å². The van der Waals surface area contributed by atoms with E-state index in [9.17, 15) is 14.8 Å². The van der Waals surface area contributed by atoms with Crippen molar-refractivity contribution >= 4 is 13.3 Å². The van der Waals surface area contributed by atoms with Gasteiger partial charge in [0.15, 0.2) is 0 Å². The molecule has 0 aromatic heterocycles. The maximum absolute atomic E-state index is 12.9. The zero-order valence-electron chi connectivity index (χ0n) is 13.4. The van der Waals surface area contributed by atoms with Gasteiger partial charge in [0.1, 0.15) is 0 Å². The van der Waals surface area contributed by atoms with Gasteiger partial charge in [-0.15, -0.1) is 0 Å². The van der Waals surface area contributed by atoms with Gasteiger partial charge in [-0.25, -0.2) is 4.79 Å². The van der Waals surface area contributed by atoms with E-state index in [0.717, 1.165) is 24.0 Å². The Morgan fingerprint density at radius 2 is 1.58 bits per heavy atom. The van der Waals surface area contributed by atoms with Gasteiger partial charge >= 0.3 is 13.3 Å². The molecule has 0 fully saturated rings. The van der Waals surface area contributed by atoms with Crippen molar-refractivity contribution in [2.75, 3.05) is 6.61 Å². The van der Waals surface area contributed by atoms with Gasteiger partial charge in [0, 0.05) is 11.1 Å².